The lowest BCUT2D eigenvalue weighted by Crippen LogP contribution is -2.51. The quantitative estimate of drug-likeness (QED) is 0.224. The standard InChI is InChI=1S/C29H23F8OP/c30-27(31,29(35,36)37)26(38)25(24(28(32,33)34)20-12-10-11-13-20)39(21-14-4-1-5-15-21,22-16-6-2-7-17-22)23-18-8-3-9-19-23/h1-9,14-19H,10-13H2. The molecule has 4 rings (SSSR count). The Morgan fingerprint density at radius 1 is 0.590 bits per heavy atom. The van der Waals surface area contributed by atoms with Gasteiger partial charge < -0.3 is 0 Å². The molecule has 0 N–H and O–H groups in total. The van der Waals surface area contributed by atoms with Crippen LogP contribution in [0.2, 0.25) is 0 Å². The number of rotatable bonds is 6. The third-order valence-corrected chi connectivity index (χ3v) is 11.0. The number of hydrogen-bond donors (Lipinski definition) is 0. The second-order valence-corrected chi connectivity index (χ2v) is 12.4. The molecule has 0 unspecified atom stereocenters. The van der Waals surface area contributed by atoms with Gasteiger partial charge in [0.15, 0.2) is 0 Å². The van der Waals surface area contributed by atoms with Gasteiger partial charge in [-0.1, -0.05) is 96.6 Å². The number of Topliss-reactive ketones (excluding diaryl/α,β-unsaturated/α-hetero) is 1. The van der Waals surface area contributed by atoms with Crippen LogP contribution in [-0.4, -0.2) is 29.4 Å². The van der Waals surface area contributed by atoms with E-state index in [1.54, 1.807) is 18.2 Å². The Morgan fingerprint density at radius 2 is 0.949 bits per heavy atom. The summed E-state index contributed by atoms with van der Waals surface area (Å²) in [5, 5.41) is -1.39. The summed E-state index contributed by atoms with van der Waals surface area (Å²) in [7, 11) is 0. The Kier molecular flexibility index (Phi) is 7.95. The number of hydrogen-bond acceptors (Lipinski definition) is 1. The highest BCUT2D eigenvalue weighted by molar-refractivity contribution is 7.96. The van der Waals surface area contributed by atoms with E-state index in [4.69, 9.17) is 0 Å². The topological polar surface area (TPSA) is 17.1 Å². The van der Waals surface area contributed by atoms with Crippen LogP contribution in [0.3, 0.4) is 0 Å². The fourth-order valence-corrected chi connectivity index (χ4v) is 9.65. The van der Waals surface area contributed by atoms with Gasteiger partial charge >= 0.3 is 18.3 Å². The van der Waals surface area contributed by atoms with Crippen molar-refractivity contribution in [2.24, 2.45) is 0 Å². The lowest BCUT2D eigenvalue weighted by Gasteiger charge is -2.35. The minimum Gasteiger partial charge on any atom is -0.287 e. The third-order valence-electron chi connectivity index (χ3n) is 6.70. The molecule has 39 heavy (non-hydrogen) atoms. The predicted octanol–water partition coefficient (Wildman–Crippen LogP) is 7.35. The van der Waals surface area contributed by atoms with Crippen LogP contribution in [0.1, 0.15) is 25.7 Å². The first-order valence-corrected chi connectivity index (χ1v) is 13.8. The first kappa shape index (κ1) is 28.8. The van der Waals surface area contributed by atoms with Crippen molar-refractivity contribution in [2.45, 2.75) is 44.0 Å². The molecule has 1 aliphatic carbocycles. The minimum atomic E-state index is -6.41. The van der Waals surface area contributed by atoms with Crippen LogP contribution in [0.4, 0.5) is 35.1 Å². The van der Waals surface area contributed by atoms with Crippen molar-refractivity contribution < 1.29 is 39.9 Å². The van der Waals surface area contributed by atoms with E-state index in [1.165, 1.54) is 72.8 Å². The van der Waals surface area contributed by atoms with Crippen LogP contribution in [0.5, 0.6) is 0 Å². The van der Waals surface area contributed by atoms with Gasteiger partial charge in [-0.05, 0) is 48.5 Å². The summed E-state index contributed by atoms with van der Waals surface area (Å²) in [6, 6.07) is 21.6. The number of allylic oxidation sites excluding steroid dienone is 2. The number of carbonyl (C=O) groups excluding carboxylic acids is 1. The Labute approximate surface area is 220 Å². The van der Waals surface area contributed by atoms with Gasteiger partial charge in [0, 0.05) is 5.29 Å². The average Bonchev–Trinajstić information content (AvgIpc) is 3.43. The van der Waals surface area contributed by atoms with Gasteiger partial charge in [0.1, 0.15) is 0 Å². The number of benzene rings is 3. The van der Waals surface area contributed by atoms with Crippen LogP contribution in [0.15, 0.2) is 102 Å². The molecule has 1 saturated carbocycles. The number of alkyl halides is 8. The molecule has 0 bridgehead atoms. The zero-order valence-electron chi connectivity index (χ0n) is 20.4. The van der Waals surface area contributed by atoms with Gasteiger partial charge in [0.2, 0.25) is 5.78 Å². The lowest BCUT2D eigenvalue weighted by molar-refractivity contribution is -0.265. The van der Waals surface area contributed by atoms with E-state index in [2.05, 4.69) is 0 Å². The molecular formula is C29H23F8OP. The van der Waals surface area contributed by atoms with Crippen molar-refractivity contribution in [1.29, 1.82) is 0 Å². The molecule has 0 aromatic heterocycles. The Balaban J connectivity index is 2.41. The second-order valence-electron chi connectivity index (χ2n) is 9.11. The summed E-state index contributed by atoms with van der Waals surface area (Å²) in [5.41, 5.74) is -2.00. The van der Waals surface area contributed by atoms with Gasteiger partial charge in [0.05, 0.1) is 5.57 Å². The maximum absolute atomic E-state index is 15.0. The molecule has 0 heterocycles. The first-order valence-electron chi connectivity index (χ1n) is 12.0. The monoisotopic (exact) mass is 570 g/mol. The molecule has 0 spiro atoms. The smallest absolute Gasteiger partial charge is 0.287 e. The summed E-state index contributed by atoms with van der Waals surface area (Å²) >= 11 is 0. The number of carbonyl (C=O) groups is 1. The van der Waals surface area contributed by atoms with Crippen molar-refractivity contribution in [3.8, 4) is 0 Å². The third kappa shape index (κ3) is 5.21. The molecule has 0 amide bonds. The molecule has 3 aromatic carbocycles. The van der Waals surface area contributed by atoms with Crippen LogP contribution in [-0.2, 0) is 4.79 Å². The second kappa shape index (κ2) is 10.8. The number of halogens is 8. The molecule has 3 aromatic rings. The van der Waals surface area contributed by atoms with Crippen LogP contribution < -0.4 is 15.9 Å². The molecule has 0 aliphatic heterocycles. The minimum absolute atomic E-state index is 0.0454. The maximum atomic E-state index is 15.0. The average molecular weight is 570 g/mol. The molecule has 1 fully saturated rings. The molecule has 0 saturated heterocycles. The Bertz CT molecular complexity index is 1290. The summed E-state index contributed by atoms with van der Waals surface area (Å²) in [4.78, 5) is 13.6. The largest absolute Gasteiger partial charge is 0.461 e. The molecule has 206 valence electrons. The lowest BCUT2D eigenvalue weighted by atomic mass is 9.97. The SMILES string of the molecule is O=C(C(C(=C1CCCC1)C(F)(F)F)=P(c1ccccc1)(c1ccccc1)c1ccccc1)C(F)(F)C(F)(F)F. The van der Waals surface area contributed by atoms with Crippen molar-refractivity contribution in [3.63, 3.8) is 0 Å². The van der Waals surface area contributed by atoms with Crippen LogP contribution >= 0.6 is 6.89 Å². The Morgan fingerprint density at radius 3 is 1.26 bits per heavy atom. The van der Waals surface area contributed by atoms with Crippen molar-refractivity contribution in [3.05, 3.63) is 102 Å². The normalized spacial score (nSPS) is 14.8. The van der Waals surface area contributed by atoms with Crippen LogP contribution in [0, 0.1) is 0 Å². The van der Waals surface area contributed by atoms with E-state index in [1.807, 2.05) is 0 Å². The predicted molar refractivity (Wildman–Crippen MR) is 138 cm³/mol. The first-order chi connectivity index (χ1) is 18.3. The molecular weight excluding hydrogens is 547 g/mol. The molecule has 10 heteroatoms. The summed E-state index contributed by atoms with van der Waals surface area (Å²) in [5.74, 6) is -8.95. The fraction of sp³-hybridized carbons (Fsp3) is 0.241. The van der Waals surface area contributed by atoms with E-state index in [0.29, 0.717) is 12.8 Å². The number of ketones is 1. The summed E-state index contributed by atoms with van der Waals surface area (Å²) in [6.07, 6.45) is -11.5. The molecule has 1 nitrogen and oxygen atoms in total. The summed E-state index contributed by atoms with van der Waals surface area (Å²) in [6.45, 7) is -4.28. The van der Waals surface area contributed by atoms with Gasteiger partial charge in [-0.3, -0.25) is 4.79 Å². The van der Waals surface area contributed by atoms with Crippen LogP contribution in [0.25, 0.3) is 0 Å². The van der Waals surface area contributed by atoms with Crippen molar-refractivity contribution in [2.75, 3.05) is 0 Å². The van der Waals surface area contributed by atoms with E-state index >= 15 is 22.0 Å². The molecule has 0 atom stereocenters. The zero-order valence-corrected chi connectivity index (χ0v) is 21.3. The Hall–Kier alpha value is -3.19. The van der Waals surface area contributed by atoms with Crippen molar-refractivity contribution >= 4 is 33.9 Å². The van der Waals surface area contributed by atoms with Crippen molar-refractivity contribution in [1.82, 2.24) is 0 Å². The van der Waals surface area contributed by atoms with Gasteiger partial charge in [-0.15, -0.1) is 0 Å². The van der Waals surface area contributed by atoms with Gasteiger partial charge in [-0.2, -0.15) is 35.1 Å². The fourth-order valence-electron chi connectivity index (χ4n) is 5.05. The van der Waals surface area contributed by atoms with E-state index < -0.39 is 41.8 Å². The highest BCUT2D eigenvalue weighted by Crippen LogP contribution is 2.53. The van der Waals surface area contributed by atoms with E-state index in [-0.39, 0.29) is 34.3 Å². The van der Waals surface area contributed by atoms with E-state index in [0.717, 1.165) is 0 Å². The highest BCUT2D eigenvalue weighted by Gasteiger charge is 2.66. The van der Waals surface area contributed by atoms with Gasteiger partial charge in [0.25, 0.3) is 0 Å². The molecule has 1 aliphatic rings. The highest BCUT2D eigenvalue weighted by atomic mass is 31.2. The van der Waals surface area contributed by atoms with Gasteiger partial charge in [-0.25, -0.2) is 0 Å². The zero-order chi connectivity index (χ0) is 28.5. The van der Waals surface area contributed by atoms with E-state index in [9.17, 15) is 18.0 Å². The molecule has 0 radical (unpaired) electrons. The summed E-state index contributed by atoms with van der Waals surface area (Å²) < 4.78 is 116. The maximum Gasteiger partial charge on any atom is 0.461 e.